The van der Waals surface area contributed by atoms with Crippen molar-refractivity contribution in [1.82, 2.24) is 9.97 Å². The Labute approximate surface area is 169 Å². The number of anilines is 2. The van der Waals surface area contributed by atoms with Crippen LogP contribution in [-0.4, -0.2) is 30.5 Å². The summed E-state index contributed by atoms with van der Waals surface area (Å²) in [5, 5.41) is 5.13. The van der Waals surface area contributed by atoms with Gasteiger partial charge in [0.15, 0.2) is 5.13 Å². The Kier molecular flexibility index (Phi) is 4.84. The number of aromatic nitrogens is 2. The quantitative estimate of drug-likeness (QED) is 0.498. The highest BCUT2D eigenvalue weighted by atomic mass is 32.2. The van der Waals surface area contributed by atoms with Crippen LogP contribution in [-0.2, 0) is 10.0 Å². The molecule has 4 aromatic rings. The number of fused-ring (bicyclic) bond motifs is 1. The van der Waals surface area contributed by atoms with Crippen LogP contribution in [0.2, 0.25) is 0 Å². The highest BCUT2D eigenvalue weighted by Gasteiger charge is 2.11. The second kappa shape index (κ2) is 7.30. The van der Waals surface area contributed by atoms with Gasteiger partial charge in [-0.2, -0.15) is 0 Å². The van der Waals surface area contributed by atoms with Gasteiger partial charge in [0.25, 0.3) is 5.91 Å². The molecule has 142 valence electrons. The number of amides is 1. The maximum Gasteiger partial charge on any atom is 0.257 e. The fourth-order valence-electron chi connectivity index (χ4n) is 2.55. The minimum Gasteiger partial charge on any atom is -0.298 e. The van der Waals surface area contributed by atoms with Crippen molar-refractivity contribution in [3.63, 3.8) is 0 Å². The number of thiazole rings is 2. The van der Waals surface area contributed by atoms with Gasteiger partial charge in [0, 0.05) is 22.2 Å². The molecule has 0 aliphatic rings. The summed E-state index contributed by atoms with van der Waals surface area (Å²) in [5.41, 5.74) is 5.16. The van der Waals surface area contributed by atoms with Gasteiger partial charge in [0.2, 0.25) is 10.0 Å². The van der Waals surface area contributed by atoms with Gasteiger partial charge < -0.3 is 0 Å². The molecule has 7 nitrogen and oxygen atoms in total. The summed E-state index contributed by atoms with van der Waals surface area (Å²) in [7, 11) is -3.31. The predicted octanol–water partition coefficient (Wildman–Crippen LogP) is 4.04. The molecule has 0 spiro atoms. The molecular formula is C18H14N4O3S3. The lowest BCUT2D eigenvalue weighted by Gasteiger charge is -2.04. The molecule has 28 heavy (non-hydrogen) atoms. The maximum atomic E-state index is 12.5. The van der Waals surface area contributed by atoms with Crippen molar-refractivity contribution in [3.8, 4) is 11.3 Å². The number of rotatable bonds is 5. The number of benzene rings is 2. The molecule has 10 heteroatoms. The molecular weight excluding hydrogens is 416 g/mol. The third-order valence-corrected chi connectivity index (χ3v) is 5.96. The monoisotopic (exact) mass is 430 g/mol. The van der Waals surface area contributed by atoms with Crippen molar-refractivity contribution in [2.45, 2.75) is 0 Å². The van der Waals surface area contributed by atoms with Crippen molar-refractivity contribution < 1.29 is 13.2 Å². The van der Waals surface area contributed by atoms with Crippen LogP contribution in [0.15, 0.2) is 53.4 Å². The number of carbonyl (C=O) groups excluding carboxylic acids is 1. The SMILES string of the molecule is CS(=O)(=O)Nc1ccc(-c2csc(NC(=O)c3ccc4ncsc4c3)n2)cc1. The molecule has 0 atom stereocenters. The standard InChI is InChI=1S/C18H14N4O3S3/c1-28(24,25)22-13-5-2-11(3-6-13)15-9-26-18(20-15)21-17(23)12-4-7-14-16(8-12)27-10-19-14/h2-10,22H,1H3,(H,20,21,23). The summed E-state index contributed by atoms with van der Waals surface area (Å²) in [6, 6.07) is 12.2. The smallest absolute Gasteiger partial charge is 0.257 e. The zero-order valence-corrected chi connectivity index (χ0v) is 17.0. The van der Waals surface area contributed by atoms with E-state index in [1.165, 1.54) is 22.7 Å². The molecule has 0 unspecified atom stereocenters. The van der Waals surface area contributed by atoms with E-state index in [1.807, 2.05) is 17.5 Å². The zero-order chi connectivity index (χ0) is 19.7. The number of carbonyl (C=O) groups is 1. The Bertz CT molecular complexity index is 1260. The second-order valence-corrected chi connectivity index (χ2v) is 9.47. The van der Waals surface area contributed by atoms with Gasteiger partial charge >= 0.3 is 0 Å². The largest absolute Gasteiger partial charge is 0.298 e. The molecule has 2 N–H and O–H groups in total. The van der Waals surface area contributed by atoms with Crippen LogP contribution in [0.3, 0.4) is 0 Å². The van der Waals surface area contributed by atoms with Crippen LogP contribution in [0.4, 0.5) is 10.8 Å². The summed E-state index contributed by atoms with van der Waals surface area (Å²) in [6.07, 6.45) is 1.10. The first kappa shape index (κ1) is 18.5. The first-order valence-electron chi connectivity index (χ1n) is 8.06. The van der Waals surface area contributed by atoms with Gasteiger partial charge in [0.05, 0.1) is 27.7 Å². The topological polar surface area (TPSA) is 101 Å². The first-order chi connectivity index (χ1) is 13.4. The van der Waals surface area contributed by atoms with Crippen molar-refractivity contribution in [2.75, 3.05) is 16.3 Å². The summed E-state index contributed by atoms with van der Waals surface area (Å²) < 4.78 is 25.9. The Morgan fingerprint density at radius 2 is 1.86 bits per heavy atom. The lowest BCUT2D eigenvalue weighted by Crippen LogP contribution is -2.11. The van der Waals surface area contributed by atoms with Gasteiger partial charge in [-0.1, -0.05) is 12.1 Å². The molecule has 0 aliphatic heterocycles. The molecule has 1 amide bonds. The number of hydrogen-bond acceptors (Lipinski definition) is 7. The summed E-state index contributed by atoms with van der Waals surface area (Å²) in [5.74, 6) is -0.232. The van der Waals surface area contributed by atoms with E-state index < -0.39 is 10.0 Å². The molecule has 0 saturated carbocycles. The number of nitrogens with one attached hydrogen (secondary N) is 2. The van der Waals surface area contributed by atoms with E-state index in [-0.39, 0.29) is 5.91 Å². The van der Waals surface area contributed by atoms with Gasteiger partial charge in [-0.25, -0.2) is 18.4 Å². The normalized spacial score (nSPS) is 11.5. The molecule has 2 aromatic carbocycles. The fraction of sp³-hybridized carbons (Fsp3) is 0.0556. The van der Waals surface area contributed by atoms with Crippen molar-refractivity contribution in [1.29, 1.82) is 0 Å². The second-order valence-electron chi connectivity index (χ2n) is 5.98. The van der Waals surface area contributed by atoms with Crippen molar-refractivity contribution in [3.05, 3.63) is 58.9 Å². The van der Waals surface area contributed by atoms with Gasteiger partial charge in [-0.3, -0.25) is 14.8 Å². The van der Waals surface area contributed by atoms with Gasteiger partial charge in [0.1, 0.15) is 0 Å². The molecule has 0 aliphatic carbocycles. The van der Waals surface area contributed by atoms with Crippen LogP contribution in [0.25, 0.3) is 21.5 Å². The fourth-order valence-corrected chi connectivity index (χ4v) is 4.55. The Hall–Kier alpha value is -2.82. The highest BCUT2D eigenvalue weighted by Crippen LogP contribution is 2.27. The lowest BCUT2D eigenvalue weighted by atomic mass is 10.1. The zero-order valence-electron chi connectivity index (χ0n) is 14.5. The lowest BCUT2D eigenvalue weighted by molar-refractivity contribution is 0.102. The van der Waals surface area contributed by atoms with Crippen molar-refractivity contribution in [2.24, 2.45) is 0 Å². The highest BCUT2D eigenvalue weighted by molar-refractivity contribution is 7.92. The van der Waals surface area contributed by atoms with E-state index in [0.29, 0.717) is 22.1 Å². The minimum absolute atomic E-state index is 0.232. The summed E-state index contributed by atoms with van der Waals surface area (Å²) in [6.45, 7) is 0. The van der Waals surface area contributed by atoms with E-state index >= 15 is 0 Å². The molecule has 2 heterocycles. The third-order valence-electron chi connectivity index (χ3n) is 3.80. The minimum atomic E-state index is -3.31. The van der Waals surface area contributed by atoms with Crippen molar-refractivity contribution >= 4 is 59.6 Å². The molecule has 4 rings (SSSR count). The first-order valence-corrected chi connectivity index (χ1v) is 11.7. The predicted molar refractivity (Wildman–Crippen MR) is 114 cm³/mol. The van der Waals surface area contributed by atoms with Crippen LogP contribution in [0, 0.1) is 0 Å². The van der Waals surface area contributed by atoms with E-state index in [4.69, 9.17) is 0 Å². The average molecular weight is 431 g/mol. The molecule has 2 aromatic heterocycles. The molecule has 0 radical (unpaired) electrons. The molecule has 0 saturated heterocycles. The summed E-state index contributed by atoms with van der Waals surface area (Å²) in [4.78, 5) is 21.1. The van der Waals surface area contributed by atoms with Crippen LogP contribution in [0.1, 0.15) is 10.4 Å². The van der Waals surface area contributed by atoms with Gasteiger partial charge in [-0.15, -0.1) is 22.7 Å². The van der Waals surface area contributed by atoms with E-state index in [2.05, 4.69) is 20.0 Å². The average Bonchev–Trinajstić information content (AvgIpc) is 3.29. The summed E-state index contributed by atoms with van der Waals surface area (Å²) >= 11 is 2.81. The van der Waals surface area contributed by atoms with E-state index in [9.17, 15) is 13.2 Å². The Morgan fingerprint density at radius 3 is 2.61 bits per heavy atom. The van der Waals surface area contributed by atoms with Crippen LogP contribution >= 0.6 is 22.7 Å². The van der Waals surface area contributed by atoms with E-state index in [0.717, 1.165) is 22.0 Å². The molecule has 0 bridgehead atoms. The van der Waals surface area contributed by atoms with E-state index in [1.54, 1.807) is 35.8 Å². The Morgan fingerprint density at radius 1 is 1.07 bits per heavy atom. The van der Waals surface area contributed by atoms with Gasteiger partial charge in [-0.05, 0) is 30.3 Å². The van der Waals surface area contributed by atoms with Crippen LogP contribution in [0.5, 0.6) is 0 Å². The third kappa shape index (κ3) is 4.19. The van der Waals surface area contributed by atoms with Crippen LogP contribution < -0.4 is 10.0 Å². The number of sulfonamides is 1. The molecule has 0 fully saturated rings. The Balaban J connectivity index is 1.48. The number of nitrogens with zero attached hydrogens (tertiary/aromatic N) is 2. The maximum absolute atomic E-state index is 12.5. The number of hydrogen-bond donors (Lipinski definition) is 2.